The zero-order valence-corrected chi connectivity index (χ0v) is 13.8. The Kier molecular flexibility index (Phi) is 4.96. The van der Waals surface area contributed by atoms with Crippen LogP contribution in [-0.2, 0) is 0 Å². The Balaban J connectivity index is 1.52. The minimum absolute atomic E-state index is 0.101. The highest BCUT2D eigenvalue weighted by atomic mass is 32.1. The van der Waals surface area contributed by atoms with Crippen LogP contribution >= 0.6 is 11.3 Å². The third kappa shape index (κ3) is 3.67. The summed E-state index contributed by atoms with van der Waals surface area (Å²) >= 11 is 1.58. The first-order valence-electron chi connectivity index (χ1n) is 8.34. The standard InChI is InChI=1S/C17H26N2OS/c1-13-9-10-16(21-13)17(20)18-12-15-8-5-11-19(15)14-6-3-2-4-7-14/h9-10,14-15H,2-8,11-12H2,1H3,(H,18,20). The summed E-state index contributed by atoms with van der Waals surface area (Å²) in [5.74, 6) is 0.101. The molecule has 0 aromatic carbocycles. The molecule has 2 heterocycles. The minimum atomic E-state index is 0.101. The summed E-state index contributed by atoms with van der Waals surface area (Å²) in [6, 6.07) is 5.28. The molecule has 1 aromatic rings. The number of rotatable bonds is 4. The molecule has 2 fully saturated rings. The maximum atomic E-state index is 12.2. The average molecular weight is 306 g/mol. The zero-order valence-electron chi connectivity index (χ0n) is 12.9. The molecule has 21 heavy (non-hydrogen) atoms. The van der Waals surface area contributed by atoms with E-state index < -0.39 is 0 Å². The predicted molar refractivity (Wildman–Crippen MR) is 88.0 cm³/mol. The van der Waals surface area contributed by atoms with Crippen molar-refractivity contribution in [3.63, 3.8) is 0 Å². The molecule has 2 aliphatic rings. The molecule has 0 spiro atoms. The third-order valence-corrected chi connectivity index (χ3v) is 5.93. The van der Waals surface area contributed by atoms with E-state index in [0.29, 0.717) is 6.04 Å². The summed E-state index contributed by atoms with van der Waals surface area (Å²) in [5, 5.41) is 3.15. The van der Waals surface area contributed by atoms with Gasteiger partial charge in [-0.05, 0) is 51.3 Å². The quantitative estimate of drug-likeness (QED) is 0.922. The van der Waals surface area contributed by atoms with Crippen LogP contribution < -0.4 is 5.32 Å². The van der Waals surface area contributed by atoms with Crippen LogP contribution in [0.1, 0.15) is 59.5 Å². The molecule has 1 amide bonds. The van der Waals surface area contributed by atoms with E-state index in [1.807, 2.05) is 19.1 Å². The monoisotopic (exact) mass is 306 g/mol. The Morgan fingerprint density at radius 2 is 2.05 bits per heavy atom. The molecule has 0 radical (unpaired) electrons. The van der Waals surface area contributed by atoms with E-state index in [2.05, 4.69) is 10.2 Å². The molecule has 1 N–H and O–H groups in total. The molecule has 1 unspecified atom stereocenters. The largest absolute Gasteiger partial charge is 0.350 e. The lowest BCUT2D eigenvalue weighted by atomic mass is 9.94. The van der Waals surface area contributed by atoms with Gasteiger partial charge < -0.3 is 5.32 Å². The number of aryl methyl sites for hydroxylation is 1. The Morgan fingerprint density at radius 3 is 2.76 bits per heavy atom. The van der Waals surface area contributed by atoms with Crippen molar-refractivity contribution in [2.75, 3.05) is 13.1 Å². The molecule has 1 saturated heterocycles. The number of likely N-dealkylation sites (tertiary alicyclic amines) is 1. The van der Waals surface area contributed by atoms with Gasteiger partial charge in [0.2, 0.25) is 0 Å². The normalized spacial score (nSPS) is 24.3. The second-order valence-electron chi connectivity index (χ2n) is 6.45. The lowest BCUT2D eigenvalue weighted by Crippen LogP contribution is -2.45. The first-order valence-corrected chi connectivity index (χ1v) is 9.16. The van der Waals surface area contributed by atoms with Gasteiger partial charge in [-0.15, -0.1) is 11.3 Å². The van der Waals surface area contributed by atoms with Gasteiger partial charge in [-0.25, -0.2) is 0 Å². The van der Waals surface area contributed by atoms with Gasteiger partial charge in [-0.2, -0.15) is 0 Å². The van der Waals surface area contributed by atoms with Crippen LogP contribution in [0.2, 0.25) is 0 Å². The van der Waals surface area contributed by atoms with Crippen molar-refractivity contribution in [1.29, 1.82) is 0 Å². The van der Waals surface area contributed by atoms with E-state index in [9.17, 15) is 4.79 Å². The van der Waals surface area contributed by atoms with Crippen molar-refractivity contribution in [1.82, 2.24) is 10.2 Å². The number of carbonyl (C=O) groups excluding carboxylic acids is 1. The van der Waals surface area contributed by atoms with E-state index >= 15 is 0 Å². The summed E-state index contributed by atoms with van der Waals surface area (Å²) in [5.41, 5.74) is 0. The first kappa shape index (κ1) is 15.0. The highest BCUT2D eigenvalue weighted by Gasteiger charge is 2.31. The van der Waals surface area contributed by atoms with E-state index in [1.54, 1.807) is 11.3 Å². The fourth-order valence-electron chi connectivity index (χ4n) is 3.82. The maximum absolute atomic E-state index is 12.2. The molecule has 3 rings (SSSR count). The number of thiophene rings is 1. The van der Waals surface area contributed by atoms with Crippen LogP contribution in [0.3, 0.4) is 0 Å². The van der Waals surface area contributed by atoms with Gasteiger partial charge in [0.15, 0.2) is 0 Å². The molecule has 1 saturated carbocycles. The number of nitrogens with zero attached hydrogens (tertiary/aromatic N) is 1. The van der Waals surface area contributed by atoms with Gasteiger partial charge in [0.25, 0.3) is 5.91 Å². The maximum Gasteiger partial charge on any atom is 0.261 e. The van der Waals surface area contributed by atoms with Crippen LogP contribution in [0, 0.1) is 6.92 Å². The summed E-state index contributed by atoms with van der Waals surface area (Å²) in [4.78, 5) is 16.9. The lowest BCUT2D eigenvalue weighted by Gasteiger charge is -2.35. The molecule has 3 nitrogen and oxygen atoms in total. The molecule has 1 aliphatic heterocycles. The van der Waals surface area contributed by atoms with Gasteiger partial charge in [-0.3, -0.25) is 9.69 Å². The van der Waals surface area contributed by atoms with E-state index in [-0.39, 0.29) is 5.91 Å². The molecule has 0 bridgehead atoms. The van der Waals surface area contributed by atoms with Crippen LogP contribution in [0.4, 0.5) is 0 Å². The van der Waals surface area contributed by atoms with Crippen LogP contribution in [0.15, 0.2) is 12.1 Å². The minimum Gasteiger partial charge on any atom is -0.350 e. The third-order valence-electron chi connectivity index (χ3n) is 4.93. The van der Waals surface area contributed by atoms with E-state index in [4.69, 9.17) is 0 Å². The molecule has 1 aromatic heterocycles. The zero-order chi connectivity index (χ0) is 14.7. The fraction of sp³-hybridized carbons (Fsp3) is 0.706. The molecule has 1 aliphatic carbocycles. The van der Waals surface area contributed by atoms with Crippen LogP contribution in [-0.4, -0.2) is 36.0 Å². The Morgan fingerprint density at radius 1 is 1.24 bits per heavy atom. The highest BCUT2D eigenvalue weighted by Crippen LogP contribution is 2.29. The van der Waals surface area contributed by atoms with Gasteiger partial charge >= 0.3 is 0 Å². The highest BCUT2D eigenvalue weighted by molar-refractivity contribution is 7.13. The van der Waals surface area contributed by atoms with Crippen molar-refractivity contribution < 1.29 is 4.79 Å². The lowest BCUT2D eigenvalue weighted by molar-refractivity contribution is 0.0924. The molecular weight excluding hydrogens is 280 g/mol. The molecule has 116 valence electrons. The Bertz CT molecular complexity index is 479. The molecule has 1 atom stereocenters. The van der Waals surface area contributed by atoms with Crippen molar-refractivity contribution >= 4 is 17.2 Å². The number of hydrogen-bond donors (Lipinski definition) is 1. The summed E-state index contributed by atoms with van der Waals surface area (Å²) in [6.07, 6.45) is 9.41. The van der Waals surface area contributed by atoms with E-state index in [1.165, 1.54) is 56.4 Å². The number of carbonyl (C=O) groups is 1. The second-order valence-corrected chi connectivity index (χ2v) is 7.73. The van der Waals surface area contributed by atoms with Gasteiger partial charge in [0.05, 0.1) is 4.88 Å². The summed E-state index contributed by atoms with van der Waals surface area (Å²) < 4.78 is 0. The number of hydrogen-bond acceptors (Lipinski definition) is 3. The van der Waals surface area contributed by atoms with Crippen LogP contribution in [0.25, 0.3) is 0 Å². The van der Waals surface area contributed by atoms with Gasteiger partial charge in [0, 0.05) is 23.5 Å². The first-order chi connectivity index (χ1) is 10.2. The molecular formula is C17H26N2OS. The van der Waals surface area contributed by atoms with Gasteiger partial charge in [-0.1, -0.05) is 19.3 Å². The SMILES string of the molecule is Cc1ccc(C(=O)NCC2CCCN2C2CCCCC2)s1. The summed E-state index contributed by atoms with van der Waals surface area (Å²) in [7, 11) is 0. The number of amides is 1. The average Bonchev–Trinajstić information content (AvgIpc) is 3.14. The van der Waals surface area contributed by atoms with Gasteiger partial charge in [0.1, 0.15) is 0 Å². The second kappa shape index (κ2) is 6.93. The number of nitrogens with one attached hydrogen (secondary N) is 1. The fourth-order valence-corrected chi connectivity index (χ4v) is 4.61. The van der Waals surface area contributed by atoms with Crippen molar-refractivity contribution in [3.8, 4) is 0 Å². The topological polar surface area (TPSA) is 32.3 Å². The van der Waals surface area contributed by atoms with Crippen molar-refractivity contribution in [3.05, 3.63) is 21.9 Å². The van der Waals surface area contributed by atoms with Crippen molar-refractivity contribution in [2.24, 2.45) is 0 Å². The Hall–Kier alpha value is -0.870. The van der Waals surface area contributed by atoms with E-state index in [0.717, 1.165) is 17.5 Å². The smallest absolute Gasteiger partial charge is 0.261 e. The molecule has 4 heteroatoms. The van der Waals surface area contributed by atoms with Crippen molar-refractivity contribution in [2.45, 2.75) is 64.0 Å². The van der Waals surface area contributed by atoms with Crippen LogP contribution in [0.5, 0.6) is 0 Å². The predicted octanol–water partition coefficient (Wildman–Crippen LogP) is 3.58. The Labute approximate surface area is 131 Å². The summed E-state index contributed by atoms with van der Waals surface area (Å²) in [6.45, 7) is 4.08.